The van der Waals surface area contributed by atoms with Gasteiger partial charge >= 0.3 is 0 Å². The molecule has 2 fully saturated rings. The molecule has 106 valence electrons. The lowest BCUT2D eigenvalue weighted by atomic mass is 9.58. The minimum absolute atomic E-state index is 0.108. The zero-order chi connectivity index (χ0) is 13.2. The quantitative estimate of drug-likeness (QED) is 0.766. The van der Waals surface area contributed by atoms with Crippen LogP contribution < -0.4 is 5.73 Å². The van der Waals surface area contributed by atoms with Crippen LogP contribution in [0.4, 0.5) is 0 Å². The highest BCUT2D eigenvalue weighted by Crippen LogP contribution is 2.55. The third-order valence-electron chi connectivity index (χ3n) is 5.45. The Bertz CT molecular complexity index is 280. The predicted molar refractivity (Wildman–Crippen MR) is 73.3 cm³/mol. The lowest BCUT2D eigenvalue weighted by Gasteiger charge is -2.51. The normalized spacial score (nSPS) is 36.3. The number of ether oxygens (including phenoxy) is 1. The van der Waals surface area contributed by atoms with Crippen LogP contribution in [-0.2, 0) is 4.74 Å². The number of aliphatic hydroxyl groups is 1. The summed E-state index contributed by atoms with van der Waals surface area (Å²) in [4.78, 5) is 0. The Morgan fingerprint density at radius 1 is 1.39 bits per heavy atom. The van der Waals surface area contributed by atoms with E-state index in [1.165, 1.54) is 19.3 Å². The average Bonchev–Trinajstić information content (AvgIpc) is 3.23. The third-order valence-corrected chi connectivity index (χ3v) is 5.45. The molecule has 18 heavy (non-hydrogen) atoms. The van der Waals surface area contributed by atoms with Crippen molar-refractivity contribution in [3.8, 4) is 0 Å². The van der Waals surface area contributed by atoms with Crippen LogP contribution in [0.25, 0.3) is 0 Å². The van der Waals surface area contributed by atoms with E-state index in [4.69, 9.17) is 10.5 Å². The summed E-state index contributed by atoms with van der Waals surface area (Å²) in [5, 5.41) is 11.2. The van der Waals surface area contributed by atoms with Crippen LogP contribution in [-0.4, -0.2) is 31.0 Å². The standard InChI is InChI=1S/C15H29NO2/c1-3-12-5-4-8-14(9-12,10-16)15(17,11-18-2)13-6-7-13/h12-13,17H,3-11,16H2,1-2H3. The lowest BCUT2D eigenvalue weighted by molar-refractivity contribution is -0.157. The Morgan fingerprint density at radius 2 is 2.11 bits per heavy atom. The molecule has 0 amide bonds. The van der Waals surface area contributed by atoms with Gasteiger partial charge in [0.25, 0.3) is 0 Å². The maximum atomic E-state index is 11.2. The number of hydrogen-bond acceptors (Lipinski definition) is 3. The molecular formula is C15H29NO2. The summed E-state index contributed by atoms with van der Waals surface area (Å²) in [6, 6.07) is 0. The first-order chi connectivity index (χ1) is 8.62. The molecular weight excluding hydrogens is 226 g/mol. The number of nitrogens with two attached hydrogens (primary N) is 1. The topological polar surface area (TPSA) is 55.5 Å². The van der Waals surface area contributed by atoms with E-state index in [0.29, 0.717) is 19.1 Å². The van der Waals surface area contributed by atoms with Gasteiger partial charge in [-0.25, -0.2) is 0 Å². The lowest BCUT2D eigenvalue weighted by Crippen LogP contribution is -2.58. The molecule has 0 aromatic rings. The molecule has 0 bridgehead atoms. The van der Waals surface area contributed by atoms with E-state index in [0.717, 1.165) is 31.6 Å². The molecule has 3 nitrogen and oxygen atoms in total. The van der Waals surface area contributed by atoms with Gasteiger partial charge in [-0.3, -0.25) is 0 Å². The summed E-state index contributed by atoms with van der Waals surface area (Å²) in [5.41, 5.74) is 5.32. The minimum Gasteiger partial charge on any atom is -0.387 e. The first kappa shape index (κ1) is 14.3. The SMILES string of the molecule is CCC1CCCC(CN)(C(O)(COC)C2CC2)C1. The summed E-state index contributed by atoms with van der Waals surface area (Å²) in [7, 11) is 1.69. The predicted octanol–water partition coefficient (Wildman–Crippen LogP) is 2.32. The van der Waals surface area contributed by atoms with E-state index in [2.05, 4.69) is 6.92 Å². The van der Waals surface area contributed by atoms with Gasteiger partial charge in [-0.1, -0.05) is 26.2 Å². The molecule has 0 saturated heterocycles. The van der Waals surface area contributed by atoms with Crippen molar-refractivity contribution in [3.05, 3.63) is 0 Å². The summed E-state index contributed by atoms with van der Waals surface area (Å²) >= 11 is 0. The highest BCUT2D eigenvalue weighted by atomic mass is 16.5. The maximum absolute atomic E-state index is 11.2. The molecule has 2 saturated carbocycles. The molecule has 3 N–H and O–H groups in total. The number of hydrogen-bond donors (Lipinski definition) is 2. The summed E-state index contributed by atoms with van der Waals surface area (Å²) < 4.78 is 5.35. The van der Waals surface area contributed by atoms with E-state index < -0.39 is 5.60 Å². The van der Waals surface area contributed by atoms with Gasteiger partial charge in [0.15, 0.2) is 0 Å². The van der Waals surface area contributed by atoms with Gasteiger partial charge < -0.3 is 15.6 Å². The Hall–Kier alpha value is -0.120. The summed E-state index contributed by atoms with van der Waals surface area (Å²) in [6.07, 6.45) is 8.12. The molecule has 3 atom stereocenters. The van der Waals surface area contributed by atoms with E-state index in [1.807, 2.05) is 0 Å². The van der Waals surface area contributed by atoms with Crippen LogP contribution in [0.5, 0.6) is 0 Å². The van der Waals surface area contributed by atoms with E-state index >= 15 is 0 Å². The van der Waals surface area contributed by atoms with Crippen LogP contribution in [0.2, 0.25) is 0 Å². The molecule has 3 unspecified atom stereocenters. The fraction of sp³-hybridized carbons (Fsp3) is 1.00. The van der Waals surface area contributed by atoms with Crippen molar-refractivity contribution in [1.29, 1.82) is 0 Å². The highest BCUT2D eigenvalue weighted by Gasteiger charge is 2.58. The van der Waals surface area contributed by atoms with Crippen molar-refractivity contribution >= 4 is 0 Å². The van der Waals surface area contributed by atoms with Crippen molar-refractivity contribution in [2.24, 2.45) is 23.0 Å². The number of rotatable bonds is 6. The first-order valence-electron chi connectivity index (χ1n) is 7.53. The second-order valence-electron chi connectivity index (χ2n) is 6.49. The first-order valence-corrected chi connectivity index (χ1v) is 7.53. The van der Waals surface area contributed by atoms with Crippen molar-refractivity contribution in [1.82, 2.24) is 0 Å². The fourth-order valence-electron chi connectivity index (χ4n) is 4.07. The van der Waals surface area contributed by atoms with Crippen LogP contribution in [0.1, 0.15) is 51.9 Å². The Kier molecular flexibility index (Phi) is 4.35. The largest absolute Gasteiger partial charge is 0.387 e. The molecule has 2 aliphatic carbocycles. The van der Waals surface area contributed by atoms with Gasteiger partial charge in [0.2, 0.25) is 0 Å². The zero-order valence-corrected chi connectivity index (χ0v) is 12.0. The molecule has 0 aromatic carbocycles. The van der Waals surface area contributed by atoms with Gasteiger partial charge in [-0.15, -0.1) is 0 Å². The summed E-state index contributed by atoms with van der Waals surface area (Å²) in [6.45, 7) is 3.30. The van der Waals surface area contributed by atoms with Crippen LogP contribution in [0, 0.1) is 17.3 Å². The Labute approximate surface area is 111 Å². The van der Waals surface area contributed by atoms with Crippen LogP contribution >= 0.6 is 0 Å². The van der Waals surface area contributed by atoms with Crippen molar-refractivity contribution in [2.75, 3.05) is 20.3 Å². The Balaban J connectivity index is 2.22. The van der Waals surface area contributed by atoms with Crippen molar-refractivity contribution in [3.63, 3.8) is 0 Å². The van der Waals surface area contributed by atoms with Gasteiger partial charge in [0, 0.05) is 19.1 Å². The van der Waals surface area contributed by atoms with Gasteiger partial charge in [0.1, 0.15) is 0 Å². The second kappa shape index (κ2) is 5.48. The van der Waals surface area contributed by atoms with Crippen LogP contribution in [0.3, 0.4) is 0 Å². The van der Waals surface area contributed by atoms with Gasteiger partial charge in [-0.05, 0) is 37.5 Å². The molecule has 0 aromatic heterocycles. The van der Waals surface area contributed by atoms with Gasteiger partial charge in [-0.2, -0.15) is 0 Å². The molecule has 0 aliphatic heterocycles. The Morgan fingerprint density at radius 3 is 2.61 bits per heavy atom. The summed E-state index contributed by atoms with van der Waals surface area (Å²) in [5.74, 6) is 1.14. The van der Waals surface area contributed by atoms with Crippen molar-refractivity contribution < 1.29 is 9.84 Å². The zero-order valence-electron chi connectivity index (χ0n) is 12.0. The van der Waals surface area contributed by atoms with E-state index in [9.17, 15) is 5.11 Å². The molecule has 0 radical (unpaired) electrons. The fourth-order valence-corrected chi connectivity index (χ4v) is 4.07. The molecule has 0 heterocycles. The van der Waals surface area contributed by atoms with Gasteiger partial charge in [0.05, 0.1) is 12.2 Å². The van der Waals surface area contributed by atoms with Crippen molar-refractivity contribution in [2.45, 2.75) is 57.5 Å². The average molecular weight is 255 g/mol. The van der Waals surface area contributed by atoms with E-state index in [-0.39, 0.29) is 5.41 Å². The third kappa shape index (κ3) is 2.33. The smallest absolute Gasteiger partial charge is 0.0975 e. The maximum Gasteiger partial charge on any atom is 0.0975 e. The highest BCUT2D eigenvalue weighted by molar-refractivity contribution is 5.09. The monoisotopic (exact) mass is 255 g/mol. The van der Waals surface area contributed by atoms with Crippen LogP contribution in [0.15, 0.2) is 0 Å². The molecule has 0 spiro atoms. The molecule has 2 aliphatic rings. The van der Waals surface area contributed by atoms with E-state index in [1.54, 1.807) is 7.11 Å². The molecule has 2 rings (SSSR count). The number of methoxy groups -OCH3 is 1. The second-order valence-corrected chi connectivity index (χ2v) is 6.49. The minimum atomic E-state index is -0.690. The molecule has 3 heteroatoms.